The Labute approximate surface area is 128 Å². The van der Waals surface area contributed by atoms with E-state index in [0.29, 0.717) is 11.5 Å². The molecule has 4 aliphatic rings. The van der Waals surface area contributed by atoms with Gasteiger partial charge in [0, 0.05) is 19.3 Å². The van der Waals surface area contributed by atoms with Crippen LogP contribution in [-0.2, 0) is 13.5 Å². The summed E-state index contributed by atoms with van der Waals surface area (Å²) < 4.78 is 1.95. The summed E-state index contributed by atoms with van der Waals surface area (Å²) >= 11 is 0. The van der Waals surface area contributed by atoms with Gasteiger partial charge >= 0.3 is 0 Å². The van der Waals surface area contributed by atoms with Crippen LogP contribution in [-0.4, -0.2) is 15.8 Å². The van der Waals surface area contributed by atoms with E-state index in [2.05, 4.69) is 30.5 Å². The Kier molecular flexibility index (Phi) is 3.09. The normalized spacial score (nSPS) is 38.7. The fourth-order valence-electron chi connectivity index (χ4n) is 6.01. The van der Waals surface area contributed by atoms with E-state index in [1.165, 1.54) is 49.9 Å². The molecular weight excluding hydrogens is 258 g/mol. The number of hydrogen-bond donors (Lipinski definition) is 1. The van der Waals surface area contributed by atoms with E-state index < -0.39 is 0 Å². The number of anilines is 1. The van der Waals surface area contributed by atoms with Gasteiger partial charge in [0.1, 0.15) is 0 Å². The minimum Gasteiger partial charge on any atom is -0.379 e. The number of aromatic nitrogens is 2. The third-order valence-corrected chi connectivity index (χ3v) is 6.62. The Morgan fingerprint density at radius 1 is 1.24 bits per heavy atom. The summed E-state index contributed by atoms with van der Waals surface area (Å²) in [7, 11) is 2.03. The second-order valence-corrected chi connectivity index (χ2v) is 8.16. The molecule has 0 amide bonds. The summed E-state index contributed by atoms with van der Waals surface area (Å²) in [6.45, 7) is 4.63. The largest absolute Gasteiger partial charge is 0.379 e. The molecule has 1 heterocycles. The molecule has 1 N–H and O–H groups in total. The fraction of sp³-hybridized carbons (Fsp3) is 0.833. The Balaban J connectivity index is 1.55. The van der Waals surface area contributed by atoms with E-state index in [0.717, 1.165) is 24.2 Å². The summed E-state index contributed by atoms with van der Waals surface area (Å²) in [5.74, 6) is 3.08. The lowest BCUT2D eigenvalue weighted by Gasteiger charge is -2.59. The second kappa shape index (κ2) is 4.76. The highest BCUT2D eigenvalue weighted by Gasteiger charge is 2.53. The van der Waals surface area contributed by atoms with Gasteiger partial charge in [0.15, 0.2) is 0 Å². The molecule has 1 atom stereocenters. The van der Waals surface area contributed by atoms with Crippen LogP contribution in [0.4, 0.5) is 5.69 Å². The highest BCUT2D eigenvalue weighted by atomic mass is 15.3. The monoisotopic (exact) mass is 287 g/mol. The molecule has 4 saturated carbocycles. The van der Waals surface area contributed by atoms with Crippen LogP contribution in [0.15, 0.2) is 6.20 Å². The summed E-state index contributed by atoms with van der Waals surface area (Å²) in [6, 6.07) is 0.584. The van der Waals surface area contributed by atoms with Gasteiger partial charge in [0.05, 0.1) is 11.4 Å². The molecule has 3 heteroatoms. The maximum absolute atomic E-state index is 4.58. The predicted molar refractivity (Wildman–Crippen MR) is 86.3 cm³/mol. The summed E-state index contributed by atoms with van der Waals surface area (Å²) in [6.07, 6.45) is 12.2. The third-order valence-electron chi connectivity index (χ3n) is 6.62. The lowest BCUT2D eigenvalue weighted by molar-refractivity contribution is -0.0602. The van der Waals surface area contributed by atoms with E-state index in [1.807, 2.05) is 11.7 Å². The van der Waals surface area contributed by atoms with Gasteiger partial charge in [-0.2, -0.15) is 5.10 Å². The Morgan fingerprint density at radius 3 is 2.33 bits per heavy atom. The first-order valence-corrected chi connectivity index (χ1v) is 8.87. The molecule has 1 aromatic rings. The first kappa shape index (κ1) is 13.7. The molecule has 0 saturated heterocycles. The van der Waals surface area contributed by atoms with Crippen molar-refractivity contribution in [2.24, 2.45) is 30.2 Å². The molecule has 116 valence electrons. The standard InChI is InChI=1S/C18H29N3/c1-4-16-17(11-21(3)20-16)19-12(2)18-8-13-5-14(9-18)7-15(6-13)10-18/h11-15,19H,4-10H2,1-3H3. The highest BCUT2D eigenvalue weighted by molar-refractivity contribution is 5.47. The van der Waals surface area contributed by atoms with Crippen molar-refractivity contribution < 1.29 is 0 Å². The van der Waals surface area contributed by atoms with Crippen LogP contribution in [0.2, 0.25) is 0 Å². The predicted octanol–water partition coefficient (Wildman–Crippen LogP) is 4.00. The summed E-state index contributed by atoms with van der Waals surface area (Å²) in [4.78, 5) is 0. The van der Waals surface area contributed by atoms with E-state index in [4.69, 9.17) is 0 Å². The van der Waals surface area contributed by atoms with Crippen LogP contribution in [0.5, 0.6) is 0 Å². The van der Waals surface area contributed by atoms with Crippen LogP contribution in [0.1, 0.15) is 58.1 Å². The maximum Gasteiger partial charge on any atom is 0.0853 e. The number of hydrogen-bond acceptors (Lipinski definition) is 2. The van der Waals surface area contributed by atoms with Crippen molar-refractivity contribution in [2.45, 2.75) is 64.8 Å². The van der Waals surface area contributed by atoms with Crippen molar-refractivity contribution in [3.63, 3.8) is 0 Å². The van der Waals surface area contributed by atoms with Crippen molar-refractivity contribution in [1.82, 2.24) is 9.78 Å². The zero-order chi connectivity index (χ0) is 14.6. The lowest BCUT2D eigenvalue weighted by atomic mass is 9.48. The van der Waals surface area contributed by atoms with E-state index in [-0.39, 0.29) is 0 Å². The lowest BCUT2D eigenvalue weighted by Crippen LogP contribution is -2.52. The van der Waals surface area contributed by atoms with Crippen LogP contribution < -0.4 is 5.32 Å². The van der Waals surface area contributed by atoms with Gasteiger partial charge in [-0.05, 0) is 75.0 Å². The van der Waals surface area contributed by atoms with Crippen LogP contribution in [0, 0.1) is 23.2 Å². The second-order valence-electron chi connectivity index (χ2n) is 8.16. The van der Waals surface area contributed by atoms with Crippen molar-refractivity contribution in [3.8, 4) is 0 Å². The van der Waals surface area contributed by atoms with Crippen molar-refractivity contribution in [1.29, 1.82) is 0 Å². The fourth-order valence-corrected chi connectivity index (χ4v) is 6.01. The SMILES string of the molecule is CCc1nn(C)cc1NC(C)C12CC3CC(CC(C3)C1)C2. The van der Waals surface area contributed by atoms with Crippen LogP contribution in [0.3, 0.4) is 0 Å². The number of rotatable bonds is 4. The van der Waals surface area contributed by atoms with Crippen molar-refractivity contribution in [2.75, 3.05) is 5.32 Å². The Morgan fingerprint density at radius 2 is 1.81 bits per heavy atom. The van der Waals surface area contributed by atoms with Gasteiger partial charge < -0.3 is 5.32 Å². The molecule has 4 bridgehead atoms. The molecule has 3 nitrogen and oxygen atoms in total. The summed E-state index contributed by atoms with van der Waals surface area (Å²) in [5.41, 5.74) is 3.05. The molecule has 4 fully saturated rings. The maximum atomic E-state index is 4.58. The number of nitrogens with zero attached hydrogens (tertiary/aromatic N) is 2. The highest BCUT2D eigenvalue weighted by Crippen LogP contribution is 2.61. The van der Waals surface area contributed by atoms with Gasteiger partial charge in [-0.25, -0.2) is 0 Å². The molecule has 1 unspecified atom stereocenters. The molecule has 0 radical (unpaired) electrons. The topological polar surface area (TPSA) is 29.9 Å². The van der Waals surface area contributed by atoms with E-state index in [1.54, 1.807) is 0 Å². The molecule has 1 aromatic heterocycles. The van der Waals surface area contributed by atoms with E-state index in [9.17, 15) is 0 Å². The smallest absolute Gasteiger partial charge is 0.0853 e. The molecule has 5 rings (SSSR count). The van der Waals surface area contributed by atoms with Gasteiger partial charge in [-0.15, -0.1) is 0 Å². The zero-order valence-electron chi connectivity index (χ0n) is 13.7. The molecule has 4 aliphatic carbocycles. The van der Waals surface area contributed by atoms with Crippen molar-refractivity contribution >= 4 is 5.69 Å². The average molecular weight is 287 g/mol. The van der Waals surface area contributed by atoms with Crippen LogP contribution in [0.25, 0.3) is 0 Å². The summed E-state index contributed by atoms with van der Waals surface area (Å²) in [5, 5.41) is 8.44. The average Bonchev–Trinajstić information content (AvgIpc) is 2.77. The first-order chi connectivity index (χ1) is 10.1. The van der Waals surface area contributed by atoms with Gasteiger partial charge in [0.25, 0.3) is 0 Å². The number of aryl methyl sites for hydroxylation is 2. The van der Waals surface area contributed by atoms with Gasteiger partial charge in [0.2, 0.25) is 0 Å². The van der Waals surface area contributed by atoms with Crippen LogP contribution >= 0.6 is 0 Å². The van der Waals surface area contributed by atoms with Gasteiger partial charge in [-0.3, -0.25) is 4.68 Å². The molecular formula is C18H29N3. The molecule has 0 spiro atoms. The first-order valence-electron chi connectivity index (χ1n) is 8.87. The van der Waals surface area contributed by atoms with E-state index >= 15 is 0 Å². The molecule has 0 aromatic carbocycles. The third kappa shape index (κ3) is 2.20. The number of nitrogens with one attached hydrogen (secondary N) is 1. The minimum atomic E-state index is 0.565. The zero-order valence-corrected chi connectivity index (χ0v) is 13.7. The molecule has 0 aliphatic heterocycles. The minimum absolute atomic E-state index is 0.565. The van der Waals surface area contributed by atoms with Gasteiger partial charge in [-0.1, -0.05) is 6.92 Å². The van der Waals surface area contributed by atoms with Crippen molar-refractivity contribution in [3.05, 3.63) is 11.9 Å². The Hall–Kier alpha value is -0.990. The quantitative estimate of drug-likeness (QED) is 0.907. The Bertz CT molecular complexity index is 495. The molecule has 21 heavy (non-hydrogen) atoms.